The van der Waals surface area contributed by atoms with Gasteiger partial charge < -0.3 is 0 Å². The van der Waals surface area contributed by atoms with Crippen molar-refractivity contribution >= 4 is 0 Å². The van der Waals surface area contributed by atoms with Gasteiger partial charge in [0, 0.05) is 18.8 Å². The maximum absolute atomic E-state index is 4.60. The van der Waals surface area contributed by atoms with Crippen molar-refractivity contribution in [1.82, 2.24) is 9.97 Å². The molecule has 2 nitrogen and oxygen atoms in total. The van der Waals surface area contributed by atoms with Crippen LogP contribution in [0.15, 0.2) is 12.4 Å². The lowest BCUT2D eigenvalue weighted by Crippen LogP contribution is -2.14. The summed E-state index contributed by atoms with van der Waals surface area (Å²) in [5.74, 6) is 2.73. The SMILES string of the molecule is CCCCCCC1CCC(c2cnc(CCCCC)nc2)CC1. The minimum atomic E-state index is 0.714. The number of unbranched alkanes of at least 4 members (excludes halogenated alkanes) is 5. The Labute approximate surface area is 143 Å². The van der Waals surface area contributed by atoms with E-state index in [9.17, 15) is 0 Å². The number of hydrogen-bond acceptors (Lipinski definition) is 2. The Hall–Kier alpha value is -0.920. The zero-order chi connectivity index (χ0) is 16.3. The van der Waals surface area contributed by atoms with Gasteiger partial charge in [0.1, 0.15) is 5.82 Å². The molecule has 0 unspecified atom stereocenters. The Morgan fingerprint density at radius 2 is 1.48 bits per heavy atom. The van der Waals surface area contributed by atoms with Crippen LogP contribution in [0.25, 0.3) is 0 Å². The third kappa shape index (κ3) is 6.61. The number of aryl methyl sites for hydroxylation is 1. The molecular formula is C21H36N2. The highest BCUT2D eigenvalue weighted by Gasteiger charge is 2.22. The lowest BCUT2D eigenvalue weighted by Gasteiger charge is -2.28. The molecule has 2 rings (SSSR count). The predicted octanol–water partition coefficient (Wildman–Crippen LogP) is 6.45. The second kappa shape index (κ2) is 10.8. The molecule has 130 valence electrons. The normalized spacial score (nSPS) is 21.5. The van der Waals surface area contributed by atoms with Crippen LogP contribution in [0.5, 0.6) is 0 Å². The molecule has 1 aliphatic rings. The van der Waals surface area contributed by atoms with Crippen molar-refractivity contribution in [2.24, 2.45) is 5.92 Å². The molecular weight excluding hydrogens is 280 g/mol. The minimum Gasteiger partial charge on any atom is -0.241 e. The first-order valence-corrected chi connectivity index (χ1v) is 10.1. The van der Waals surface area contributed by atoms with Crippen LogP contribution in [0.4, 0.5) is 0 Å². The molecule has 1 aromatic rings. The van der Waals surface area contributed by atoms with Crippen LogP contribution in [-0.4, -0.2) is 9.97 Å². The number of rotatable bonds is 10. The van der Waals surface area contributed by atoms with Crippen molar-refractivity contribution < 1.29 is 0 Å². The van der Waals surface area contributed by atoms with Gasteiger partial charge in [-0.2, -0.15) is 0 Å². The van der Waals surface area contributed by atoms with E-state index in [0.29, 0.717) is 5.92 Å². The van der Waals surface area contributed by atoms with E-state index in [-0.39, 0.29) is 0 Å². The molecule has 0 radical (unpaired) electrons. The summed E-state index contributed by atoms with van der Waals surface area (Å²) in [5, 5.41) is 0. The maximum Gasteiger partial charge on any atom is 0.128 e. The molecule has 1 aromatic heterocycles. The topological polar surface area (TPSA) is 25.8 Å². The summed E-state index contributed by atoms with van der Waals surface area (Å²) in [4.78, 5) is 9.21. The van der Waals surface area contributed by atoms with Gasteiger partial charge in [-0.25, -0.2) is 9.97 Å². The van der Waals surface area contributed by atoms with Crippen LogP contribution in [0.2, 0.25) is 0 Å². The van der Waals surface area contributed by atoms with Crippen LogP contribution in [0, 0.1) is 5.92 Å². The van der Waals surface area contributed by atoms with Crippen molar-refractivity contribution in [1.29, 1.82) is 0 Å². The first kappa shape index (κ1) is 18.4. The molecule has 1 heterocycles. The van der Waals surface area contributed by atoms with E-state index in [1.165, 1.54) is 82.6 Å². The smallest absolute Gasteiger partial charge is 0.128 e. The zero-order valence-electron chi connectivity index (χ0n) is 15.4. The van der Waals surface area contributed by atoms with E-state index in [2.05, 4.69) is 36.2 Å². The first-order valence-electron chi connectivity index (χ1n) is 10.1. The lowest BCUT2D eigenvalue weighted by molar-refractivity contribution is 0.301. The van der Waals surface area contributed by atoms with Crippen LogP contribution >= 0.6 is 0 Å². The van der Waals surface area contributed by atoms with Gasteiger partial charge in [0.15, 0.2) is 0 Å². The molecule has 0 atom stereocenters. The third-order valence-corrected chi connectivity index (χ3v) is 5.51. The summed E-state index contributed by atoms with van der Waals surface area (Å²) >= 11 is 0. The second-order valence-electron chi connectivity index (χ2n) is 7.46. The van der Waals surface area contributed by atoms with Gasteiger partial charge in [0.05, 0.1) is 0 Å². The van der Waals surface area contributed by atoms with E-state index in [1.54, 1.807) is 0 Å². The molecule has 1 saturated carbocycles. The minimum absolute atomic E-state index is 0.714. The van der Waals surface area contributed by atoms with Crippen molar-refractivity contribution in [3.63, 3.8) is 0 Å². The monoisotopic (exact) mass is 316 g/mol. The van der Waals surface area contributed by atoms with E-state index in [1.807, 2.05) is 0 Å². The summed E-state index contributed by atoms with van der Waals surface area (Å²) in [5.41, 5.74) is 1.38. The fourth-order valence-corrected chi connectivity index (χ4v) is 3.88. The van der Waals surface area contributed by atoms with Crippen molar-refractivity contribution in [3.05, 3.63) is 23.8 Å². The van der Waals surface area contributed by atoms with Crippen LogP contribution < -0.4 is 0 Å². The maximum atomic E-state index is 4.60. The molecule has 0 N–H and O–H groups in total. The molecule has 0 bridgehead atoms. The predicted molar refractivity (Wildman–Crippen MR) is 98.7 cm³/mol. The fourth-order valence-electron chi connectivity index (χ4n) is 3.88. The molecule has 0 amide bonds. The highest BCUT2D eigenvalue weighted by molar-refractivity contribution is 5.12. The van der Waals surface area contributed by atoms with E-state index < -0.39 is 0 Å². The van der Waals surface area contributed by atoms with E-state index >= 15 is 0 Å². The van der Waals surface area contributed by atoms with Gasteiger partial charge in [0.2, 0.25) is 0 Å². The van der Waals surface area contributed by atoms with Gasteiger partial charge in [0.25, 0.3) is 0 Å². The Morgan fingerprint density at radius 3 is 2.13 bits per heavy atom. The molecule has 1 fully saturated rings. The number of nitrogens with zero attached hydrogens (tertiary/aromatic N) is 2. The summed E-state index contributed by atoms with van der Waals surface area (Å²) in [6, 6.07) is 0. The first-order chi connectivity index (χ1) is 11.3. The molecule has 2 heteroatoms. The van der Waals surface area contributed by atoms with Crippen LogP contribution in [0.1, 0.15) is 108 Å². The fraction of sp³-hybridized carbons (Fsp3) is 0.810. The summed E-state index contributed by atoms with van der Waals surface area (Å²) < 4.78 is 0. The third-order valence-electron chi connectivity index (χ3n) is 5.51. The van der Waals surface area contributed by atoms with Crippen molar-refractivity contribution in [2.45, 2.75) is 103 Å². The van der Waals surface area contributed by atoms with Crippen molar-refractivity contribution in [2.75, 3.05) is 0 Å². The van der Waals surface area contributed by atoms with Crippen LogP contribution in [0.3, 0.4) is 0 Å². The van der Waals surface area contributed by atoms with Crippen molar-refractivity contribution in [3.8, 4) is 0 Å². The van der Waals surface area contributed by atoms with Gasteiger partial charge in [-0.1, -0.05) is 58.8 Å². The average Bonchev–Trinajstić information content (AvgIpc) is 2.60. The quantitative estimate of drug-likeness (QED) is 0.463. The van der Waals surface area contributed by atoms with Gasteiger partial charge in [-0.15, -0.1) is 0 Å². The number of aromatic nitrogens is 2. The summed E-state index contributed by atoms with van der Waals surface area (Å²) in [6.45, 7) is 4.53. The second-order valence-corrected chi connectivity index (χ2v) is 7.46. The summed E-state index contributed by atoms with van der Waals surface area (Å²) in [7, 11) is 0. The highest BCUT2D eigenvalue weighted by atomic mass is 14.9. The van der Waals surface area contributed by atoms with Gasteiger partial charge in [-0.05, 0) is 49.5 Å². The Kier molecular flexibility index (Phi) is 8.63. The lowest BCUT2D eigenvalue weighted by atomic mass is 9.77. The Balaban J connectivity index is 1.70. The number of hydrogen-bond donors (Lipinski definition) is 0. The highest BCUT2D eigenvalue weighted by Crippen LogP contribution is 2.37. The summed E-state index contributed by atoms with van der Waals surface area (Å²) in [6.07, 6.45) is 21.6. The molecule has 0 aromatic carbocycles. The van der Waals surface area contributed by atoms with E-state index in [4.69, 9.17) is 0 Å². The molecule has 0 saturated heterocycles. The standard InChI is InChI=1S/C21H36N2/c1-3-5-7-9-10-18-12-14-19(15-13-18)20-16-22-21(23-17-20)11-8-6-4-2/h16-19H,3-15H2,1-2H3. The average molecular weight is 317 g/mol. The largest absolute Gasteiger partial charge is 0.241 e. The van der Waals surface area contributed by atoms with Gasteiger partial charge in [-0.3, -0.25) is 0 Å². The Bertz CT molecular complexity index is 404. The Morgan fingerprint density at radius 1 is 0.826 bits per heavy atom. The molecule has 0 aliphatic heterocycles. The molecule has 0 spiro atoms. The molecule has 1 aliphatic carbocycles. The van der Waals surface area contributed by atoms with E-state index in [0.717, 1.165) is 18.2 Å². The zero-order valence-corrected chi connectivity index (χ0v) is 15.4. The van der Waals surface area contributed by atoms with Crippen LogP contribution in [-0.2, 0) is 6.42 Å². The molecule has 23 heavy (non-hydrogen) atoms. The van der Waals surface area contributed by atoms with Gasteiger partial charge >= 0.3 is 0 Å².